The number of benzene rings is 3. The van der Waals surface area contributed by atoms with E-state index in [1.165, 1.54) is 4.90 Å². The lowest BCUT2D eigenvalue weighted by Gasteiger charge is -2.35. The van der Waals surface area contributed by atoms with Crippen molar-refractivity contribution in [1.29, 1.82) is 0 Å². The Morgan fingerprint density at radius 2 is 1.71 bits per heavy atom. The van der Waals surface area contributed by atoms with Gasteiger partial charge in [0.2, 0.25) is 15.9 Å². The maximum absolute atomic E-state index is 13.7. The van der Waals surface area contributed by atoms with Crippen molar-refractivity contribution in [2.24, 2.45) is 0 Å². The Hall–Kier alpha value is -3.31. The number of anilines is 2. The van der Waals surface area contributed by atoms with E-state index in [-0.39, 0.29) is 36.0 Å². The third-order valence-electron chi connectivity index (χ3n) is 7.56. The van der Waals surface area contributed by atoms with Crippen molar-refractivity contribution in [2.75, 3.05) is 55.7 Å². The van der Waals surface area contributed by atoms with Crippen LogP contribution in [-0.4, -0.2) is 76.1 Å². The van der Waals surface area contributed by atoms with Crippen molar-refractivity contribution < 1.29 is 22.7 Å². The molecule has 1 fully saturated rings. The maximum Gasteiger partial charge on any atom is 0.265 e. The van der Waals surface area contributed by atoms with Crippen LogP contribution >= 0.6 is 23.2 Å². The summed E-state index contributed by atoms with van der Waals surface area (Å²) in [6.07, 6.45) is 3.33. The van der Waals surface area contributed by atoms with Crippen LogP contribution in [0.5, 0.6) is 5.75 Å². The molecule has 3 aromatic carbocycles. The van der Waals surface area contributed by atoms with Gasteiger partial charge in [0.1, 0.15) is 12.3 Å². The van der Waals surface area contributed by atoms with Gasteiger partial charge in [-0.3, -0.25) is 19.2 Å². The number of hydrogen-bond donors (Lipinski definition) is 1. The summed E-state index contributed by atoms with van der Waals surface area (Å²) in [6, 6.07) is 17.8. The van der Waals surface area contributed by atoms with E-state index in [0.29, 0.717) is 28.7 Å². The number of nitrogens with one attached hydrogen (secondary N) is 1. The molecule has 222 valence electrons. The fourth-order valence-electron chi connectivity index (χ4n) is 5.36. The molecule has 0 spiro atoms. The summed E-state index contributed by atoms with van der Waals surface area (Å²) >= 11 is 12.4. The fourth-order valence-corrected chi connectivity index (χ4v) is 6.25. The first-order valence-corrected chi connectivity index (χ1v) is 16.2. The van der Waals surface area contributed by atoms with E-state index in [0.717, 1.165) is 48.9 Å². The molecule has 0 radical (unpaired) electrons. The number of hydrogen-bond acceptors (Lipinski definition) is 6. The van der Waals surface area contributed by atoms with E-state index in [9.17, 15) is 18.0 Å². The summed E-state index contributed by atoms with van der Waals surface area (Å²) in [5, 5.41) is 0.567. The summed E-state index contributed by atoms with van der Waals surface area (Å²) in [5.41, 5.74) is 3.41. The molecule has 2 aliphatic rings. The summed E-state index contributed by atoms with van der Waals surface area (Å²) in [6.45, 7) is 2.17. The summed E-state index contributed by atoms with van der Waals surface area (Å²) in [5.74, 6) is -0.183. The Labute approximate surface area is 256 Å². The zero-order valence-corrected chi connectivity index (χ0v) is 25.7. The number of ether oxygens (including phenoxy) is 1. The van der Waals surface area contributed by atoms with Gasteiger partial charge in [-0.15, -0.1) is 0 Å². The smallest absolute Gasteiger partial charge is 0.265 e. The molecule has 1 saturated heterocycles. The number of para-hydroxylation sites is 1. The van der Waals surface area contributed by atoms with E-state index < -0.39 is 10.0 Å². The predicted molar refractivity (Wildman–Crippen MR) is 166 cm³/mol. The molecule has 5 rings (SSSR count). The van der Waals surface area contributed by atoms with Gasteiger partial charge in [0.25, 0.3) is 5.91 Å². The minimum absolute atomic E-state index is 0.178. The lowest BCUT2D eigenvalue weighted by atomic mass is 9.98. The number of halogens is 2. The van der Waals surface area contributed by atoms with Crippen molar-refractivity contribution in [3.8, 4) is 16.9 Å². The molecule has 2 aliphatic heterocycles. The van der Waals surface area contributed by atoms with Crippen molar-refractivity contribution >= 4 is 56.4 Å². The van der Waals surface area contributed by atoms with E-state index >= 15 is 0 Å². The second-order valence-electron chi connectivity index (χ2n) is 10.6. The highest BCUT2D eigenvalue weighted by Crippen LogP contribution is 2.39. The first-order valence-electron chi connectivity index (χ1n) is 13.6. The number of carbonyl (C=O) groups excluding carboxylic acids is 2. The largest absolute Gasteiger partial charge is 0.482 e. The highest BCUT2D eigenvalue weighted by atomic mass is 35.5. The third kappa shape index (κ3) is 6.83. The summed E-state index contributed by atoms with van der Waals surface area (Å²) in [4.78, 5) is 32.0. The Bertz CT molecular complexity index is 1590. The van der Waals surface area contributed by atoms with Gasteiger partial charge in [-0.1, -0.05) is 65.7 Å². The van der Waals surface area contributed by atoms with E-state index in [4.69, 9.17) is 27.9 Å². The molecule has 0 bridgehead atoms. The summed E-state index contributed by atoms with van der Waals surface area (Å²) < 4.78 is 31.9. The molecule has 12 heteroatoms. The first-order chi connectivity index (χ1) is 20.0. The van der Waals surface area contributed by atoms with E-state index in [1.807, 2.05) is 36.4 Å². The van der Waals surface area contributed by atoms with Crippen LogP contribution in [0.3, 0.4) is 0 Å². The van der Waals surface area contributed by atoms with Crippen LogP contribution in [0, 0.1) is 0 Å². The summed E-state index contributed by atoms with van der Waals surface area (Å²) in [7, 11) is -1.70. The molecular weight excluding hydrogens is 599 g/mol. The molecular formula is C30H32Cl2N4O5S. The van der Waals surface area contributed by atoms with Crippen molar-refractivity contribution in [2.45, 2.75) is 18.9 Å². The van der Waals surface area contributed by atoms with Crippen LogP contribution < -0.4 is 14.4 Å². The molecule has 2 amide bonds. The van der Waals surface area contributed by atoms with Gasteiger partial charge in [-0.25, -0.2) is 8.42 Å². The standard InChI is InChI=1S/C30H32Cl2N4O5S/c1-34(29(37)18-36-26-15-23(31)24(32)16-28(26)41-19-30(36)38)27(17-35-13-5-6-14-35)21-11-9-20(10-12-21)22-7-3-4-8-25(22)33-42(2,39)40/h3-4,7-12,15-16,27,33H,5-6,13-14,17-19H2,1-2H3. The van der Waals surface area contributed by atoms with Crippen molar-refractivity contribution in [1.82, 2.24) is 9.80 Å². The quantitative estimate of drug-likeness (QED) is 0.355. The monoisotopic (exact) mass is 630 g/mol. The Kier molecular flexibility index (Phi) is 8.98. The molecule has 2 heterocycles. The number of nitrogens with zero attached hydrogens (tertiary/aromatic N) is 3. The number of rotatable bonds is 9. The molecule has 0 aliphatic carbocycles. The molecule has 1 N–H and O–H groups in total. The number of carbonyl (C=O) groups is 2. The topological polar surface area (TPSA) is 99.3 Å². The normalized spacial score (nSPS) is 16.1. The van der Waals surface area contributed by atoms with Crippen molar-refractivity contribution in [3.63, 3.8) is 0 Å². The molecule has 3 aromatic rings. The second kappa shape index (κ2) is 12.5. The van der Waals surface area contributed by atoms with E-state index in [1.54, 1.807) is 36.2 Å². The number of likely N-dealkylation sites (N-methyl/N-ethyl adjacent to an activating group) is 1. The number of sulfonamides is 1. The average molecular weight is 632 g/mol. The second-order valence-corrected chi connectivity index (χ2v) is 13.1. The van der Waals surface area contributed by atoms with Crippen LogP contribution in [0.2, 0.25) is 10.0 Å². The van der Waals surface area contributed by atoms with Gasteiger partial charge in [0.05, 0.1) is 33.7 Å². The first kappa shape index (κ1) is 30.2. The van der Waals surface area contributed by atoms with Gasteiger partial charge < -0.3 is 14.5 Å². The van der Waals surface area contributed by atoms with Gasteiger partial charge in [-0.05, 0) is 49.2 Å². The Morgan fingerprint density at radius 1 is 1.05 bits per heavy atom. The number of likely N-dealkylation sites (tertiary alicyclic amines) is 1. The SMILES string of the molecule is CN(C(=O)CN1C(=O)COc2cc(Cl)c(Cl)cc21)C(CN1CCCC1)c1ccc(-c2ccccc2NS(C)(=O)=O)cc1. The van der Waals surface area contributed by atoms with Crippen LogP contribution in [0.4, 0.5) is 11.4 Å². The molecule has 0 aromatic heterocycles. The molecule has 0 saturated carbocycles. The highest BCUT2D eigenvalue weighted by molar-refractivity contribution is 7.92. The van der Waals surface area contributed by atoms with Crippen LogP contribution in [0.15, 0.2) is 60.7 Å². The minimum Gasteiger partial charge on any atom is -0.482 e. The predicted octanol–water partition coefficient (Wildman–Crippen LogP) is 5.05. The number of fused-ring (bicyclic) bond motifs is 1. The van der Waals surface area contributed by atoms with Crippen LogP contribution in [-0.2, 0) is 19.6 Å². The van der Waals surface area contributed by atoms with Gasteiger partial charge in [0.15, 0.2) is 6.61 Å². The minimum atomic E-state index is -3.45. The molecule has 9 nitrogen and oxygen atoms in total. The Morgan fingerprint density at radius 3 is 2.40 bits per heavy atom. The Balaban J connectivity index is 1.41. The number of amides is 2. The molecule has 1 unspecified atom stereocenters. The average Bonchev–Trinajstić information content (AvgIpc) is 3.47. The lowest BCUT2D eigenvalue weighted by molar-refractivity contribution is -0.133. The van der Waals surface area contributed by atoms with Gasteiger partial charge in [0, 0.05) is 25.2 Å². The zero-order valence-electron chi connectivity index (χ0n) is 23.3. The van der Waals surface area contributed by atoms with E-state index in [2.05, 4.69) is 9.62 Å². The maximum atomic E-state index is 13.7. The van der Waals surface area contributed by atoms with Gasteiger partial charge in [-0.2, -0.15) is 0 Å². The van der Waals surface area contributed by atoms with Crippen molar-refractivity contribution in [3.05, 3.63) is 76.3 Å². The molecule has 1 atom stereocenters. The lowest BCUT2D eigenvalue weighted by Crippen LogP contribution is -2.47. The van der Waals surface area contributed by atoms with Gasteiger partial charge >= 0.3 is 0 Å². The third-order valence-corrected chi connectivity index (χ3v) is 8.87. The van der Waals surface area contributed by atoms with Crippen LogP contribution in [0.1, 0.15) is 24.4 Å². The molecule has 42 heavy (non-hydrogen) atoms. The highest BCUT2D eigenvalue weighted by Gasteiger charge is 2.32. The van der Waals surface area contributed by atoms with Crippen LogP contribution in [0.25, 0.3) is 11.1 Å². The fraction of sp³-hybridized carbons (Fsp3) is 0.333. The zero-order chi connectivity index (χ0) is 30.0.